The van der Waals surface area contributed by atoms with Crippen LogP contribution < -0.4 is 5.32 Å². The third kappa shape index (κ3) is 4.83. The van der Waals surface area contributed by atoms with Crippen LogP contribution in [-0.4, -0.2) is 51.4 Å². The molecule has 31 heavy (non-hydrogen) atoms. The standard InChI is InChI=1S/C20H24N6O4S/c1-25-17-10-11-26(31(2,28)29)13-15(17)16(23-25)12-21-18(27)8-9-19-22-20(24-30-19)14-6-4-3-5-7-14/h3-7H,8-13H2,1-2H3,(H,21,27). The van der Waals surface area contributed by atoms with E-state index in [-0.39, 0.29) is 25.4 Å². The van der Waals surface area contributed by atoms with Gasteiger partial charge < -0.3 is 9.84 Å². The first-order valence-electron chi connectivity index (χ1n) is 9.94. The molecule has 3 aromatic rings. The van der Waals surface area contributed by atoms with Crippen LogP contribution in [0.2, 0.25) is 0 Å². The predicted octanol–water partition coefficient (Wildman–Crippen LogP) is 1.04. The highest BCUT2D eigenvalue weighted by Crippen LogP contribution is 2.23. The molecule has 0 radical (unpaired) electrons. The van der Waals surface area contributed by atoms with Crippen molar-refractivity contribution < 1.29 is 17.7 Å². The summed E-state index contributed by atoms with van der Waals surface area (Å²) in [6.07, 6.45) is 2.33. The molecular weight excluding hydrogens is 420 g/mol. The number of carbonyl (C=O) groups excluding carboxylic acids is 1. The molecule has 4 rings (SSSR count). The molecule has 11 heteroatoms. The lowest BCUT2D eigenvalue weighted by molar-refractivity contribution is -0.121. The molecule has 1 aliphatic rings. The minimum Gasteiger partial charge on any atom is -0.350 e. The molecule has 1 N–H and O–H groups in total. The molecule has 2 aromatic heterocycles. The fourth-order valence-electron chi connectivity index (χ4n) is 3.62. The second-order valence-corrected chi connectivity index (χ2v) is 9.48. The Morgan fingerprint density at radius 2 is 2.03 bits per heavy atom. The number of aromatic nitrogens is 4. The number of nitrogens with zero attached hydrogens (tertiary/aromatic N) is 5. The molecule has 10 nitrogen and oxygen atoms in total. The zero-order valence-electron chi connectivity index (χ0n) is 17.4. The number of nitrogens with one attached hydrogen (secondary N) is 1. The van der Waals surface area contributed by atoms with Gasteiger partial charge in [0.2, 0.25) is 27.6 Å². The van der Waals surface area contributed by atoms with Crippen LogP contribution in [0, 0.1) is 0 Å². The van der Waals surface area contributed by atoms with E-state index in [2.05, 4.69) is 20.6 Å². The van der Waals surface area contributed by atoms with Crippen LogP contribution in [0.1, 0.15) is 29.3 Å². The van der Waals surface area contributed by atoms with E-state index in [1.165, 1.54) is 10.6 Å². The molecule has 1 aliphatic heterocycles. The smallest absolute Gasteiger partial charge is 0.227 e. The molecule has 0 unspecified atom stereocenters. The largest absolute Gasteiger partial charge is 0.350 e. The van der Waals surface area contributed by atoms with Crippen molar-refractivity contribution in [1.82, 2.24) is 29.5 Å². The normalized spacial score (nSPS) is 14.4. The number of fused-ring (bicyclic) bond motifs is 1. The van der Waals surface area contributed by atoms with Crippen molar-refractivity contribution in [2.75, 3.05) is 12.8 Å². The number of benzene rings is 1. The van der Waals surface area contributed by atoms with Crippen LogP contribution >= 0.6 is 0 Å². The van der Waals surface area contributed by atoms with E-state index in [1.807, 2.05) is 37.4 Å². The van der Waals surface area contributed by atoms with E-state index in [9.17, 15) is 13.2 Å². The Balaban J connectivity index is 1.33. The van der Waals surface area contributed by atoms with Crippen molar-refractivity contribution in [3.05, 3.63) is 53.2 Å². The van der Waals surface area contributed by atoms with E-state index in [4.69, 9.17) is 4.52 Å². The van der Waals surface area contributed by atoms with Crippen molar-refractivity contribution in [1.29, 1.82) is 0 Å². The zero-order chi connectivity index (χ0) is 22.0. The molecule has 3 heterocycles. The van der Waals surface area contributed by atoms with Crippen LogP contribution in [0.5, 0.6) is 0 Å². The minimum absolute atomic E-state index is 0.172. The fraction of sp³-hybridized carbons (Fsp3) is 0.400. The summed E-state index contributed by atoms with van der Waals surface area (Å²) in [5.41, 5.74) is 3.40. The Morgan fingerprint density at radius 1 is 1.26 bits per heavy atom. The molecule has 0 saturated heterocycles. The highest BCUT2D eigenvalue weighted by Gasteiger charge is 2.28. The monoisotopic (exact) mass is 444 g/mol. The Labute approximate surface area is 180 Å². The first-order chi connectivity index (χ1) is 14.8. The van der Waals surface area contributed by atoms with Gasteiger partial charge in [0, 0.05) is 56.2 Å². The summed E-state index contributed by atoms with van der Waals surface area (Å²) in [4.78, 5) is 16.7. The number of rotatable bonds is 7. The quantitative estimate of drug-likeness (QED) is 0.577. The number of aryl methyl sites for hydroxylation is 2. The van der Waals surface area contributed by atoms with Crippen LogP contribution in [0.15, 0.2) is 34.9 Å². The highest BCUT2D eigenvalue weighted by atomic mass is 32.2. The summed E-state index contributed by atoms with van der Waals surface area (Å²) in [7, 11) is -1.45. The van der Waals surface area contributed by atoms with Crippen LogP contribution in [0.3, 0.4) is 0 Å². The van der Waals surface area contributed by atoms with Gasteiger partial charge in [-0.15, -0.1) is 0 Å². The van der Waals surface area contributed by atoms with Crippen molar-refractivity contribution in [3.63, 3.8) is 0 Å². The maximum absolute atomic E-state index is 12.3. The summed E-state index contributed by atoms with van der Waals surface area (Å²) in [6, 6.07) is 9.47. The van der Waals surface area contributed by atoms with Crippen LogP contribution in [0.25, 0.3) is 11.4 Å². The lowest BCUT2D eigenvalue weighted by Gasteiger charge is -2.25. The number of hydrogen-bond donors (Lipinski definition) is 1. The maximum Gasteiger partial charge on any atom is 0.227 e. The van der Waals surface area contributed by atoms with Crippen molar-refractivity contribution in [3.8, 4) is 11.4 Å². The Morgan fingerprint density at radius 3 is 2.77 bits per heavy atom. The number of sulfonamides is 1. The second-order valence-electron chi connectivity index (χ2n) is 7.50. The molecule has 164 valence electrons. The molecule has 0 bridgehead atoms. The summed E-state index contributed by atoms with van der Waals surface area (Å²) in [6.45, 7) is 0.947. The molecule has 0 atom stereocenters. The summed E-state index contributed by atoms with van der Waals surface area (Å²) in [5.74, 6) is 0.717. The third-order valence-electron chi connectivity index (χ3n) is 5.28. The average Bonchev–Trinajstić information content (AvgIpc) is 3.35. The maximum atomic E-state index is 12.3. The lowest BCUT2D eigenvalue weighted by Crippen LogP contribution is -2.36. The Hall–Kier alpha value is -3.05. The van der Waals surface area contributed by atoms with E-state index < -0.39 is 10.0 Å². The van der Waals surface area contributed by atoms with Gasteiger partial charge in [0.15, 0.2) is 0 Å². The van der Waals surface area contributed by atoms with Gasteiger partial charge in [-0.05, 0) is 0 Å². The van der Waals surface area contributed by atoms with Gasteiger partial charge in [-0.1, -0.05) is 35.5 Å². The van der Waals surface area contributed by atoms with Crippen LogP contribution in [-0.2, 0) is 47.8 Å². The van der Waals surface area contributed by atoms with Crippen molar-refractivity contribution >= 4 is 15.9 Å². The van der Waals surface area contributed by atoms with E-state index >= 15 is 0 Å². The average molecular weight is 445 g/mol. The van der Waals surface area contributed by atoms with Gasteiger partial charge in [0.25, 0.3) is 0 Å². The Bertz CT molecular complexity index is 1190. The van der Waals surface area contributed by atoms with E-state index in [0.717, 1.165) is 16.8 Å². The number of amides is 1. The third-order valence-corrected chi connectivity index (χ3v) is 6.53. The SMILES string of the molecule is Cn1nc(CNC(=O)CCc2nc(-c3ccccc3)no2)c2c1CCN(S(C)(=O)=O)C2. The van der Waals surface area contributed by atoms with E-state index in [1.54, 1.807) is 4.68 Å². The fourth-order valence-corrected chi connectivity index (χ4v) is 4.41. The van der Waals surface area contributed by atoms with Gasteiger partial charge in [-0.2, -0.15) is 14.4 Å². The molecule has 0 saturated carbocycles. The predicted molar refractivity (Wildman–Crippen MR) is 112 cm³/mol. The molecular formula is C20H24N6O4S. The number of hydrogen-bond acceptors (Lipinski definition) is 7. The second kappa shape index (κ2) is 8.60. The molecule has 0 spiro atoms. The van der Waals surface area contributed by atoms with Gasteiger partial charge in [-0.25, -0.2) is 8.42 Å². The summed E-state index contributed by atoms with van der Waals surface area (Å²) in [5, 5.41) is 11.3. The molecule has 0 fully saturated rings. The Kier molecular flexibility index (Phi) is 5.88. The number of carbonyl (C=O) groups is 1. The van der Waals surface area contributed by atoms with Gasteiger partial charge >= 0.3 is 0 Å². The zero-order valence-corrected chi connectivity index (χ0v) is 18.2. The van der Waals surface area contributed by atoms with Crippen LogP contribution in [0.4, 0.5) is 0 Å². The van der Waals surface area contributed by atoms with E-state index in [0.29, 0.717) is 36.8 Å². The lowest BCUT2D eigenvalue weighted by atomic mass is 10.1. The van der Waals surface area contributed by atoms with Crippen molar-refractivity contribution in [2.45, 2.75) is 32.4 Å². The topological polar surface area (TPSA) is 123 Å². The van der Waals surface area contributed by atoms with Gasteiger partial charge in [-0.3, -0.25) is 9.48 Å². The molecule has 1 aromatic carbocycles. The van der Waals surface area contributed by atoms with Crippen molar-refractivity contribution in [2.24, 2.45) is 7.05 Å². The summed E-state index contributed by atoms with van der Waals surface area (Å²) >= 11 is 0. The highest BCUT2D eigenvalue weighted by molar-refractivity contribution is 7.88. The first kappa shape index (κ1) is 21.2. The first-order valence-corrected chi connectivity index (χ1v) is 11.8. The minimum atomic E-state index is -3.28. The summed E-state index contributed by atoms with van der Waals surface area (Å²) < 4.78 is 32.2. The molecule has 1 amide bonds. The molecule has 0 aliphatic carbocycles. The van der Waals surface area contributed by atoms with Gasteiger partial charge in [0.05, 0.1) is 18.5 Å². The van der Waals surface area contributed by atoms with Gasteiger partial charge in [0.1, 0.15) is 0 Å².